The minimum absolute atomic E-state index is 0.00201. The van der Waals surface area contributed by atoms with Crippen LogP contribution in [0.2, 0.25) is 0 Å². The van der Waals surface area contributed by atoms with Crippen molar-refractivity contribution >= 4 is 5.97 Å². The number of unbranched alkanes of at least 4 members (excludes halogenated alkanes) is 12. The molecule has 1 atom stereocenters. The van der Waals surface area contributed by atoms with Gasteiger partial charge in [-0.3, -0.25) is 4.79 Å². The molecule has 0 heterocycles. The summed E-state index contributed by atoms with van der Waals surface area (Å²) >= 11 is 0. The molecule has 0 spiro atoms. The van der Waals surface area contributed by atoms with E-state index in [-0.39, 0.29) is 19.2 Å². The van der Waals surface area contributed by atoms with E-state index in [1.807, 2.05) is 91.0 Å². The summed E-state index contributed by atoms with van der Waals surface area (Å²) in [6, 6.07) is 30.1. The molecule has 4 nitrogen and oxygen atoms in total. The van der Waals surface area contributed by atoms with Gasteiger partial charge in [0.25, 0.3) is 0 Å². The van der Waals surface area contributed by atoms with E-state index in [0.29, 0.717) is 6.42 Å². The average molecular weight is 573 g/mol. The summed E-state index contributed by atoms with van der Waals surface area (Å²) in [5, 5.41) is 10.3. The zero-order valence-corrected chi connectivity index (χ0v) is 25.7. The first-order chi connectivity index (χ1) is 20.7. The molecule has 0 saturated heterocycles. The van der Waals surface area contributed by atoms with Crippen molar-refractivity contribution in [3.8, 4) is 0 Å². The topological polar surface area (TPSA) is 55.8 Å². The van der Waals surface area contributed by atoms with Crippen molar-refractivity contribution in [1.29, 1.82) is 0 Å². The first-order valence-electron chi connectivity index (χ1n) is 16.3. The molecule has 0 radical (unpaired) electrons. The molecule has 0 unspecified atom stereocenters. The van der Waals surface area contributed by atoms with E-state index in [4.69, 9.17) is 9.47 Å². The molecular formula is C38H52O4. The van der Waals surface area contributed by atoms with Crippen LogP contribution >= 0.6 is 0 Å². The third-order valence-corrected chi connectivity index (χ3v) is 8.00. The van der Waals surface area contributed by atoms with Gasteiger partial charge in [0.1, 0.15) is 18.3 Å². The van der Waals surface area contributed by atoms with Gasteiger partial charge in [-0.05, 0) is 23.1 Å². The first-order valence-corrected chi connectivity index (χ1v) is 16.3. The normalized spacial score (nSPS) is 12.2. The number of benzene rings is 3. The summed E-state index contributed by atoms with van der Waals surface area (Å²) in [7, 11) is 0. The first kappa shape index (κ1) is 33.6. The molecule has 0 aliphatic carbocycles. The van der Waals surface area contributed by atoms with E-state index >= 15 is 0 Å². The van der Waals surface area contributed by atoms with Gasteiger partial charge < -0.3 is 14.6 Å². The summed E-state index contributed by atoms with van der Waals surface area (Å²) in [6.07, 6.45) is 16.2. The van der Waals surface area contributed by atoms with Gasteiger partial charge in [0.05, 0.1) is 6.61 Å². The van der Waals surface area contributed by atoms with Crippen molar-refractivity contribution in [3.05, 3.63) is 108 Å². The Hall–Kier alpha value is -2.95. The molecule has 3 aromatic rings. The van der Waals surface area contributed by atoms with E-state index < -0.39 is 11.7 Å². The highest BCUT2D eigenvalue weighted by atomic mass is 16.6. The van der Waals surface area contributed by atoms with Crippen molar-refractivity contribution in [3.63, 3.8) is 0 Å². The Balaban J connectivity index is 1.48. The van der Waals surface area contributed by atoms with Gasteiger partial charge in [-0.25, -0.2) is 0 Å². The fourth-order valence-corrected chi connectivity index (χ4v) is 5.64. The van der Waals surface area contributed by atoms with Crippen molar-refractivity contribution in [2.24, 2.45) is 0 Å². The van der Waals surface area contributed by atoms with Crippen LogP contribution in [-0.2, 0) is 19.9 Å². The fourth-order valence-electron chi connectivity index (χ4n) is 5.64. The van der Waals surface area contributed by atoms with Crippen molar-refractivity contribution in [2.45, 2.75) is 109 Å². The molecule has 0 saturated carbocycles. The van der Waals surface area contributed by atoms with E-state index in [1.165, 1.54) is 70.6 Å². The maximum absolute atomic E-state index is 12.6. The SMILES string of the molecule is CCCCCCCCCCCCCCCC(=O)OC[C@@H](CO)OC(c1ccccc1)(c1ccccc1)c1ccccc1. The number of esters is 1. The summed E-state index contributed by atoms with van der Waals surface area (Å²) in [5.41, 5.74) is 1.86. The Morgan fingerprint density at radius 1 is 0.619 bits per heavy atom. The van der Waals surface area contributed by atoms with Crippen LogP contribution < -0.4 is 0 Å². The highest BCUT2D eigenvalue weighted by molar-refractivity contribution is 5.69. The van der Waals surface area contributed by atoms with Crippen LogP contribution in [0.3, 0.4) is 0 Å². The largest absolute Gasteiger partial charge is 0.463 e. The van der Waals surface area contributed by atoms with Gasteiger partial charge in [0.2, 0.25) is 0 Å². The molecule has 0 aliphatic heterocycles. The summed E-state index contributed by atoms with van der Waals surface area (Å²) in [5.74, 6) is -0.232. The van der Waals surface area contributed by atoms with Crippen molar-refractivity contribution in [2.75, 3.05) is 13.2 Å². The number of carbonyl (C=O) groups excluding carboxylic acids is 1. The Kier molecular flexibility index (Phi) is 16.0. The Morgan fingerprint density at radius 2 is 1.00 bits per heavy atom. The number of ether oxygens (including phenoxy) is 2. The monoisotopic (exact) mass is 572 g/mol. The molecule has 0 bridgehead atoms. The molecule has 228 valence electrons. The molecule has 3 aromatic carbocycles. The van der Waals surface area contributed by atoms with Gasteiger partial charge in [-0.15, -0.1) is 0 Å². The second-order valence-electron chi connectivity index (χ2n) is 11.4. The molecule has 0 amide bonds. The van der Waals surface area contributed by atoms with E-state index in [9.17, 15) is 9.90 Å². The van der Waals surface area contributed by atoms with Gasteiger partial charge in [-0.2, -0.15) is 0 Å². The summed E-state index contributed by atoms with van der Waals surface area (Å²) in [6.45, 7) is 2.00. The minimum atomic E-state index is -0.974. The molecule has 0 aliphatic rings. The molecule has 0 fully saturated rings. The van der Waals surface area contributed by atoms with Crippen LogP contribution in [0.1, 0.15) is 114 Å². The van der Waals surface area contributed by atoms with Crippen LogP contribution in [0.15, 0.2) is 91.0 Å². The average Bonchev–Trinajstić information content (AvgIpc) is 3.05. The molecule has 1 N–H and O–H groups in total. The van der Waals surface area contributed by atoms with E-state index in [0.717, 1.165) is 29.5 Å². The molecule has 42 heavy (non-hydrogen) atoms. The van der Waals surface area contributed by atoms with Crippen molar-refractivity contribution < 1.29 is 19.4 Å². The highest BCUT2D eigenvalue weighted by Crippen LogP contribution is 2.41. The molecular weight excluding hydrogens is 520 g/mol. The zero-order valence-electron chi connectivity index (χ0n) is 25.7. The maximum Gasteiger partial charge on any atom is 0.305 e. The molecule has 0 aromatic heterocycles. The second kappa shape index (κ2) is 20.0. The van der Waals surface area contributed by atoms with E-state index in [2.05, 4.69) is 6.92 Å². The van der Waals surface area contributed by atoms with Gasteiger partial charge in [-0.1, -0.05) is 175 Å². The summed E-state index contributed by atoms with van der Waals surface area (Å²) < 4.78 is 12.4. The number of rotatable bonds is 22. The number of hydrogen-bond acceptors (Lipinski definition) is 4. The quantitative estimate of drug-likeness (QED) is 0.0740. The predicted molar refractivity (Wildman–Crippen MR) is 172 cm³/mol. The lowest BCUT2D eigenvalue weighted by Crippen LogP contribution is -2.40. The van der Waals surface area contributed by atoms with Crippen LogP contribution in [0, 0.1) is 0 Å². The third-order valence-electron chi connectivity index (χ3n) is 8.00. The Bertz CT molecular complexity index is 987. The number of aliphatic hydroxyl groups is 1. The summed E-state index contributed by atoms with van der Waals surface area (Å²) in [4.78, 5) is 12.6. The highest BCUT2D eigenvalue weighted by Gasteiger charge is 2.40. The van der Waals surface area contributed by atoms with Crippen LogP contribution in [0.25, 0.3) is 0 Å². The third kappa shape index (κ3) is 11.0. The van der Waals surface area contributed by atoms with Gasteiger partial charge in [0, 0.05) is 6.42 Å². The lowest BCUT2D eigenvalue weighted by Gasteiger charge is -2.38. The zero-order chi connectivity index (χ0) is 29.7. The van der Waals surface area contributed by atoms with Gasteiger partial charge in [0.15, 0.2) is 0 Å². The Morgan fingerprint density at radius 3 is 1.38 bits per heavy atom. The lowest BCUT2D eigenvalue weighted by molar-refractivity contribution is -0.154. The Labute approximate surface area is 254 Å². The molecule has 4 heteroatoms. The van der Waals surface area contributed by atoms with Crippen LogP contribution in [-0.4, -0.2) is 30.4 Å². The molecule has 3 rings (SSSR count). The van der Waals surface area contributed by atoms with E-state index in [1.54, 1.807) is 0 Å². The smallest absolute Gasteiger partial charge is 0.305 e. The van der Waals surface area contributed by atoms with Crippen molar-refractivity contribution in [1.82, 2.24) is 0 Å². The standard InChI is InChI=1S/C38H52O4/c1-2-3-4-5-6-7-8-9-10-11-12-13-23-30-37(40)41-32-36(31-39)42-38(33-24-17-14-18-25-33,34-26-19-15-20-27-34)35-28-21-16-22-29-35/h14-22,24-29,36,39H,2-13,23,30-32H2,1H3/t36-/m1/s1. The van der Waals surface area contributed by atoms with Gasteiger partial charge >= 0.3 is 5.97 Å². The number of aliphatic hydroxyl groups excluding tert-OH is 1. The maximum atomic E-state index is 12.6. The number of hydrogen-bond donors (Lipinski definition) is 1. The van der Waals surface area contributed by atoms with Crippen LogP contribution in [0.4, 0.5) is 0 Å². The second-order valence-corrected chi connectivity index (χ2v) is 11.4. The fraction of sp³-hybridized carbons (Fsp3) is 0.500. The van der Waals surface area contributed by atoms with Crippen LogP contribution in [0.5, 0.6) is 0 Å². The number of carbonyl (C=O) groups is 1. The minimum Gasteiger partial charge on any atom is -0.463 e. The lowest BCUT2D eigenvalue weighted by atomic mass is 9.80. The predicted octanol–water partition coefficient (Wildman–Crippen LogP) is 9.38.